The maximum absolute atomic E-state index is 4.87. The van der Waals surface area contributed by atoms with E-state index in [1.54, 1.807) is 0 Å². The van der Waals surface area contributed by atoms with Crippen LogP contribution >= 0.6 is 0 Å². The molecule has 0 radical (unpaired) electrons. The van der Waals surface area contributed by atoms with Crippen LogP contribution in [0, 0.1) is 0 Å². The first-order valence-corrected chi connectivity index (χ1v) is 9.78. The zero-order chi connectivity index (χ0) is 19.1. The highest BCUT2D eigenvalue weighted by Gasteiger charge is 2.09. The summed E-state index contributed by atoms with van der Waals surface area (Å²) in [5.74, 6) is 0.721. The van der Waals surface area contributed by atoms with Crippen molar-refractivity contribution in [2.45, 2.75) is 46.5 Å². The monoisotopic (exact) mass is 357 g/mol. The van der Waals surface area contributed by atoms with Gasteiger partial charge < -0.3 is 0 Å². The van der Waals surface area contributed by atoms with Gasteiger partial charge >= 0.3 is 0 Å². The van der Waals surface area contributed by atoms with Crippen molar-refractivity contribution in [2.75, 3.05) is 0 Å². The van der Waals surface area contributed by atoms with Gasteiger partial charge in [0.05, 0.1) is 11.0 Å². The summed E-state index contributed by atoms with van der Waals surface area (Å²) >= 11 is 0. The highest BCUT2D eigenvalue weighted by molar-refractivity contribution is 5.50. The quantitative estimate of drug-likeness (QED) is 0.667. The van der Waals surface area contributed by atoms with Gasteiger partial charge in [0.25, 0.3) is 0 Å². The Labute approximate surface area is 161 Å². The molecule has 0 saturated carbocycles. The van der Waals surface area contributed by atoms with Crippen molar-refractivity contribution in [3.63, 3.8) is 0 Å². The second kappa shape index (κ2) is 9.22. The number of aromatic nitrogens is 3. The fraction of sp³-hybridized carbons (Fsp3) is 0.292. The predicted octanol–water partition coefficient (Wildman–Crippen LogP) is 4.07. The molecule has 0 N–H and O–H groups in total. The molecule has 2 aromatic heterocycles. The number of hydrogen-bond donors (Lipinski definition) is 0. The zero-order valence-corrected chi connectivity index (χ0v) is 16.4. The zero-order valence-electron chi connectivity index (χ0n) is 16.4. The summed E-state index contributed by atoms with van der Waals surface area (Å²) in [5, 5.41) is 2.17. The average molecular weight is 358 g/mol. The van der Waals surface area contributed by atoms with Crippen LogP contribution in [0.3, 0.4) is 0 Å². The first-order chi connectivity index (χ1) is 13.2. The van der Waals surface area contributed by atoms with E-state index in [1.165, 1.54) is 5.56 Å². The fourth-order valence-electron chi connectivity index (χ4n) is 3.25. The Morgan fingerprint density at radius 3 is 2.41 bits per heavy atom. The van der Waals surface area contributed by atoms with E-state index in [4.69, 9.17) is 15.0 Å². The van der Waals surface area contributed by atoms with Crippen LogP contribution in [0.4, 0.5) is 0 Å². The minimum absolute atomic E-state index is 0.721. The van der Waals surface area contributed by atoms with Crippen LogP contribution in [-0.4, -0.2) is 15.0 Å². The summed E-state index contributed by atoms with van der Waals surface area (Å²) in [4.78, 5) is 14.6. The Morgan fingerprint density at radius 2 is 1.70 bits per heavy atom. The molecule has 3 nitrogen and oxygen atoms in total. The molecular weight excluding hydrogens is 330 g/mol. The van der Waals surface area contributed by atoms with Crippen LogP contribution in [-0.2, 0) is 12.8 Å². The summed E-state index contributed by atoms with van der Waals surface area (Å²) in [6, 6.07) is 16.5. The standard InChI is InChI=1S/C24H27N3/c1-4-11-21-20(6-3)22(12-5-2)27-24(26-21)23-16-10-15-19(25-23)17-18-13-8-7-9-14-18/h6-11,13-16H,4-5,12,17H2,1-3H3/b20-6+,21-11+. The van der Waals surface area contributed by atoms with Gasteiger partial charge in [0.15, 0.2) is 5.82 Å². The molecule has 0 spiro atoms. The number of benzene rings is 1. The number of pyridine rings is 1. The molecule has 138 valence electrons. The molecule has 3 rings (SSSR count). The van der Waals surface area contributed by atoms with Crippen molar-refractivity contribution in [2.24, 2.45) is 0 Å². The van der Waals surface area contributed by atoms with Gasteiger partial charge in [-0.2, -0.15) is 0 Å². The first-order valence-electron chi connectivity index (χ1n) is 9.78. The van der Waals surface area contributed by atoms with Crippen LogP contribution in [0.15, 0.2) is 48.5 Å². The second-order valence-corrected chi connectivity index (χ2v) is 6.62. The van der Waals surface area contributed by atoms with E-state index in [1.807, 2.05) is 18.2 Å². The van der Waals surface area contributed by atoms with Gasteiger partial charge in [0, 0.05) is 17.3 Å². The molecular formula is C24H27N3. The van der Waals surface area contributed by atoms with Crippen LogP contribution in [0.25, 0.3) is 23.7 Å². The second-order valence-electron chi connectivity index (χ2n) is 6.62. The van der Waals surface area contributed by atoms with Gasteiger partial charge in [-0.05, 0) is 37.5 Å². The van der Waals surface area contributed by atoms with E-state index in [9.17, 15) is 0 Å². The molecule has 27 heavy (non-hydrogen) atoms. The lowest BCUT2D eigenvalue weighted by Gasteiger charge is -2.07. The number of hydrogen-bond acceptors (Lipinski definition) is 3. The Balaban J connectivity index is 2.06. The normalized spacial score (nSPS) is 12.6. The van der Waals surface area contributed by atoms with Crippen LogP contribution in [0.2, 0.25) is 0 Å². The molecule has 0 saturated heterocycles. The highest BCUT2D eigenvalue weighted by atomic mass is 14.9. The Kier molecular flexibility index (Phi) is 6.48. The SMILES string of the molecule is C/C=c1/c(CCC)nc(-c2cccc(Cc3ccccc3)n2)n/c1=C/CC. The van der Waals surface area contributed by atoms with E-state index in [2.05, 4.69) is 63.3 Å². The Hall–Kier alpha value is -2.81. The van der Waals surface area contributed by atoms with Crippen LogP contribution < -0.4 is 10.6 Å². The summed E-state index contributed by atoms with van der Waals surface area (Å²) in [5.41, 5.74) is 4.24. The van der Waals surface area contributed by atoms with Crippen molar-refractivity contribution in [3.8, 4) is 11.5 Å². The molecule has 3 aromatic rings. The smallest absolute Gasteiger partial charge is 0.178 e. The molecule has 2 heterocycles. The molecule has 0 atom stereocenters. The van der Waals surface area contributed by atoms with Gasteiger partial charge in [-0.15, -0.1) is 0 Å². The van der Waals surface area contributed by atoms with E-state index < -0.39 is 0 Å². The third kappa shape index (κ3) is 4.68. The van der Waals surface area contributed by atoms with Gasteiger partial charge in [0.2, 0.25) is 0 Å². The number of nitrogens with zero attached hydrogens (tertiary/aromatic N) is 3. The van der Waals surface area contributed by atoms with E-state index >= 15 is 0 Å². The third-order valence-electron chi connectivity index (χ3n) is 4.49. The molecule has 0 fully saturated rings. The Morgan fingerprint density at radius 1 is 0.889 bits per heavy atom. The maximum Gasteiger partial charge on any atom is 0.178 e. The summed E-state index contributed by atoms with van der Waals surface area (Å²) < 4.78 is 0. The lowest BCUT2D eigenvalue weighted by atomic mass is 10.1. The topological polar surface area (TPSA) is 38.7 Å². The molecule has 0 amide bonds. The molecule has 1 aromatic carbocycles. The van der Waals surface area contributed by atoms with Crippen molar-refractivity contribution in [3.05, 3.63) is 76.1 Å². The third-order valence-corrected chi connectivity index (χ3v) is 4.49. The van der Waals surface area contributed by atoms with Crippen LogP contribution in [0.5, 0.6) is 0 Å². The van der Waals surface area contributed by atoms with Crippen molar-refractivity contribution in [1.82, 2.24) is 15.0 Å². The molecule has 0 aliphatic rings. The number of aryl methyl sites for hydroxylation is 1. The summed E-state index contributed by atoms with van der Waals surface area (Å²) in [7, 11) is 0. The van der Waals surface area contributed by atoms with E-state index in [0.717, 1.165) is 59.2 Å². The van der Waals surface area contributed by atoms with Gasteiger partial charge in [-0.1, -0.05) is 68.8 Å². The van der Waals surface area contributed by atoms with E-state index in [-0.39, 0.29) is 0 Å². The minimum Gasteiger partial charge on any atom is -0.249 e. The fourth-order valence-corrected chi connectivity index (χ4v) is 3.25. The summed E-state index contributed by atoms with van der Waals surface area (Å²) in [6.45, 7) is 6.38. The predicted molar refractivity (Wildman–Crippen MR) is 113 cm³/mol. The molecule has 0 bridgehead atoms. The summed E-state index contributed by atoms with van der Waals surface area (Å²) in [6.07, 6.45) is 8.06. The number of rotatable bonds is 6. The lowest BCUT2D eigenvalue weighted by molar-refractivity contribution is 0.855. The van der Waals surface area contributed by atoms with E-state index in [0.29, 0.717) is 0 Å². The first kappa shape index (κ1) is 19.0. The average Bonchev–Trinajstić information content (AvgIpc) is 2.69. The van der Waals surface area contributed by atoms with Gasteiger partial charge in [-0.25, -0.2) is 15.0 Å². The van der Waals surface area contributed by atoms with Gasteiger partial charge in [-0.3, -0.25) is 0 Å². The van der Waals surface area contributed by atoms with Crippen molar-refractivity contribution >= 4 is 12.2 Å². The van der Waals surface area contributed by atoms with Gasteiger partial charge in [0.1, 0.15) is 5.69 Å². The largest absolute Gasteiger partial charge is 0.249 e. The molecule has 0 aliphatic carbocycles. The maximum atomic E-state index is 4.87. The van der Waals surface area contributed by atoms with Crippen molar-refractivity contribution < 1.29 is 0 Å². The molecule has 0 unspecified atom stereocenters. The lowest BCUT2D eigenvalue weighted by Crippen LogP contribution is -2.34. The molecule has 3 heteroatoms. The molecule has 0 aliphatic heterocycles. The minimum atomic E-state index is 0.721. The Bertz CT molecular complexity index is 1010. The van der Waals surface area contributed by atoms with Crippen molar-refractivity contribution in [1.29, 1.82) is 0 Å². The highest BCUT2D eigenvalue weighted by Crippen LogP contribution is 2.14. The van der Waals surface area contributed by atoms with Crippen LogP contribution in [0.1, 0.15) is 50.6 Å².